The van der Waals surface area contributed by atoms with Gasteiger partial charge >= 0.3 is 0 Å². The molecule has 0 saturated heterocycles. The van der Waals surface area contributed by atoms with Crippen LogP contribution in [0.5, 0.6) is 0 Å². The fourth-order valence-corrected chi connectivity index (χ4v) is 1.28. The Morgan fingerprint density at radius 1 is 1.00 bits per heavy atom. The molecule has 0 aliphatic heterocycles. The number of pyridine rings is 1. The van der Waals surface area contributed by atoms with E-state index >= 15 is 0 Å². The Labute approximate surface area is 87.8 Å². The van der Waals surface area contributed by atoms with Gasteiger partial charge in [-0.25, -0.2) is 9.37 Å². The van der Waals surface area contributed by atoms with E-state index in [1.807, 2.05) is 24.3 Å². The van der Waals surface area contributed by atoms with Crippen LogP contribution in [-0.4, -0.2) is 4.98 Å². The third-order valence-corrected chi connectivity index (χ3v) is 2.03. The number of hydrogen-bond donors (Lipinski definition) is 1. The lowest BCUT2D eigenvalue weighted by Gasteiger charge is -2.10. The predicted molar refractivity (Wildman–Crippen MR) is 58.2 cm³/mol. The van der Waals surface area contributed by atoms with E-state index in [4.69, 9.17) is 0 Å². The summed E-state index contributed by atoms with van der Waals surface area (Å²) in [7, 11) is 0. The number of aromatic nitrogens is 1. The molecule has 0 fully saturated rings. The lowest BCUT2D eigenvalue weighted by Crippen LogP contribution is -2.05. The molecular weight excluding hydrogens is 191 g/mol. The van der Waals surface area contributed by atoms with Gasteiger partial charge in [-0.15, -0.1) is 0 Å². The molecule has 0 bridgehead atoms. The topological polar surface area (TPSA) is 24.9 Å². The summed E-state index contributed by atoms with van der Waals surface area (Å²) in [6.45, 7) is 0. The maximum absolute atomic E-state index is 13.7. The molecule has 0 aliphatic rings. The van der Waals surface area contributed by atoms with Crippen molar-refractivity contribution in [3.8, 4) is 0 Å². The normalized spacial score (nSPS) is 12.1. The number of nitrogens with zero attached hydrogens (tertiary/aromatic N) is 1. The van der Waals surface area contributed by atoms with Crippen LogP contribution in [0.2, 0.25) is 0 Å². The summed E-state index contributed by atoms with van der Waals surface area (Å²) in [6.07, 6.45) is 0.404. The number of anilines is 1. The number of hydrogen-bond acceptors (Lipinski definition) is 2. The van der Waals surface area contributed by atoms with Crippen LogP contribution in [0.25, 0.3) is 0 Å². The lowest BCUT2D eigenvalue weighted by atomic mass is 10.2. The summed E-state index contributed by atoms with van der Waals surface area (Å²) < 4.78 is 13.7. The Hall–Kier alpha value is -1.90. The van der Waals surface area contributed by atoms with Crippen LogP contribution < -0.4 is 5.32 Å². The van der Waals surface area contributed by atoms with E-state index in [1.165, 1.54) is 0 Å². The van der Waals surface area contributed by atoms with E-state index in [2.05, 4.69) is 10.3 Å². The highest BCUT2D eigenvalue weighted by molar-refractivity contribution is 5.36. The Bertz CT molecular complexity index is 402. The molecule has 0 amide bonds. The van der Waals surface area contributed by atoms with E-state index < -0.39 is 6.30 Å². The molecule has 1 aromatic heterocycles. The Morgan fingerprint density at radius 2 is 1.73 bits per heavy atom. The SMILES string of the molecule is FC(Nc1ccccn1)c1ccccc1. The molecule has 2 nitrogen and oxygen atoms in total. The van der Waals surface area contributed by atoms with Crippen LogP contribution in [0, 0.1) is 0 Å². The quantitative estimate of drug-likeness (QED) is 0.773. The Balaban J connectivity index is 2.08. The van der Waals surface area contributed by atoms with Crippen molar-refractivity contribution in [2.45, 2.75) is 6.30 Å². The van der Waals surface area contributed by atoms with Crippen LogP contribution in [-0.2, 0) is 0 Å². The van der Waals surface area contributed by atoms with Crippen LogP contribution in [0.3, 0.4) is 0 Å². The number of nitrogens with one attached hydrogen (secondary N) is 1. The van der Waals surface area contributed by atoms with Gasteiger partial charge in [-0.05, 0) is 12.1 Å². The minimum absolute atomic E-state index is 0.536. The summed E-state index contributed by atoms with van der Waals surface area (Å²) in [5, 5.41) is 2.68. The first-order chi connectivity index (χ1) is 7.36. The van der Waals surface area contributed by atoms with E-state index in [1.54, 1.807) is 30.5 Å². The molecule has 1 aromatic carbocycles. The maximum Gasteiger partial charge on any atom is 0.197 e. The van der Waals surface area contributed by atoms with Gasteiger partial charge < -0.3 is 5.32 Å². The fourth-order valence-electron chi connectivity index (χ4n) is 1.28. The van der Waals surface area contributed by atoms with Crippen LogP contribution in [0.15, 0.2) is 54.7 Å². The summed E-state index contributed by atoms with van der Waals surface area (Å²) >= 11 is 0. The monoisotopic (exact) mass is 202 g/mol. The summed E-state index contributed by atoms with van der Waals surface area (Å²) in [5.74, 6) is 0.536. The molecule has 2 aromatic rings. The first kappa shape index (κ1) is 9.65. The van der Waals surface area contributed by atoms with Gasteiger partial charge in [0.2, 0.25) is 0 Å². The first-order valence-electron chi connectivity index (χ1n) is 4.73. The molecule has 1 unspecified atom stereocenters. The molecule has 0 spiro atoms. The molecule has 15 heavy (non-hydrogen) atoms. The maximum atomic E-state index is 13.7. The second kappa shape index (κ2) is 4.55. The van der Waals surface area contributed by atoms with Crippen LogP contribution >= 0.6 is 0 Å². The van der Waals surface area contributed by atoms with E-state index in [-0.39, 0.29) is 0 Å². The van der Waals surface area contributed by atoms with Crippen molar-refractivity contribution in [1.82, 2.24) is 4.98 Å². The average Bonchev–Trinajstić information content (AvgIpc) is 2.31. The van der Waals surface area contributed by atoms with Crippen molar-refractivity contribution in [2.75, 3.05) is 5.32 Å². The molecule has 1 N–H and O–H groups in total. The minimum Gasteiger partial charge on any atom is -0.337 e. The third-order valence-electron chi connectivity index (χ3n) is 2.03. The van der Waals surface area contributed by atoms with Gasteiger partial charge in [-0.3, -0.25) is 0 Å². The minimum atomic E-state index is -1.22. The first-order valence-corrected chi connectivity index (χ1v) is 4.73. The molecule has 0 radical (unpaired) electrons. The Kier molecular flexibility index (Phi) is 2.93. The highest BCUT2D eigenvalue weighted by atomic mass is 19.1. The van der Waals surface area contributed by atoms with Crippen LogP contribution in [0.1, 0.15) is 11.9 Å². The van der Waals surface area contributed by atoms with Gasteiger partial charge in [0.25, 0.3) is 0 Å². The third kappa shape index (κ3) is 2.53. The molecule has 3 heteroatoms. The summed E-state index contributed by atoms with van der Waals surface area (Å²) in [4.78, 5) is 3.99. The van der Waals surface area contributed by atoms with E-state index in [9.17, 15) is 4.39 Å². The second-order valence-corrected chi connectivity index (χ2v) is 3.13. The van der Waals surface area contributed by atoms with Crippen LogP contribution in [0.4, 0.5) is 10.2 Å². The van der Waals surface area contributed by atoms with Crippen molar-refractivity contribution in [1.29, 1.82) is 0 Å². The largest absolute Gasteiger partial charge is 0.337 e. The number of rotatable bonds is 3. The molecule has 0 aliphatic carbocycles. The summed E-state index contributed by atoms with van der Waals surface area (Å²) in [5.41, 5.74) is 0.600. The Morgan fingerprint density at radius 3 is 2.40 bits per heavy atom. The highest BCUT2D eigenvalue weighted by Gasteiger charge is 2.08. The number of alkyl halides is 1. The van der Waals surface area contributed by atoms with Gasteiger partial charge in [0.05, 0.1) is 0 Å². The standard InChI is InChI=1S/C12H11FN2/c13-12(10-6-2-1-3-7-10)15-11-8-4-5-9-14-11/h1-9,12H,(H,14,15). The zero-order chi connectivity index (χ0) is 10.5. The van der Waals surface area contributed by atoms with E-state index in [0.29, 0.717) is 11.4 Å². The molecule has 76 valence electrons. The smallest absolute Gasteiger partial charge is 0.197 e. The molecule has 1 atom stereocenters. The predicted octanol–water partition coefficient (Wildman–Crippen LogP) is 3.16. The molecule has 1 heterocycles. The van der Waals surface area contributed by atoms with Gasteiger partial charge in [0.1, 0.15) is 5.82 Å². The molecule has 2 rings (SSSR count). The van der Waals surface area contributed by atoms with Crippen molar-refractivity contribution in [3.05, 3.63) is 60.3 Å². The average molecular weight is 202 g/mol. The molecular formula is C12H11FN2. The lowest BCUT2D eigenvalue weighted by molar-refractivity contribution is 0.384. The molecule has 0 saturated carbocycles. The second-order valence-electron chi connectivity index (χ2n) is 3.13. The highest BCUT2D eigenvalue weighted by Crippen LogP contribution is 2.18. The van der Waals surface area contributed by atoms with Crippen molar-refractivity contribution >= 4 is 5.82 Å². The van der Waals surface area contributed by atoms with Gasteiger partial charge in [-0.2, -0.15) is 0 Å². The number of halogens is 1. The van der Waals surface area contributed by atoms with Gasteiger partial charge in [-0.1, -0.05) is 36.4 Å². The number of benzene rings is 1. The zero-order valence-corrected chi connectivity index (χ0v) is 8.10. The van der Waals surface area contributed by atoms with Gasteiger partial charge in [0.15, 0.2) is 6.30 Å². The van der Waals surface area contributed by atoms with Gasteiger partial charge in [0, 0.05) is 11.8 Å². The zero-order valence-electron chi connectivity index (χ0n) is 8.10. The fraction of sp³-hybridized carbons (Fsp3) is 0.0833. The van der Waals surface area contributed by atoms with Crippen molar-refractivity contribution < 1.29 is 4.39 Å². The summed E-state index contributed by atoms with van der Waals surface area (Å²) in [6, 6.07) is 14.3. The van der Waals surface area contributed by atoms with E-state index in [0.717, 1.165) is 0 Å². The van der Waals surface area contributed by atoms with Crippen molar-refractivity contribution in [3.63, 3.8) is 0 Å². The van der Waals surface area contributed by atoms with Crippen molar-refractivity contribution in [2.24, 2.45) is 0 Å².